The summed E-state index contributed by atoms with van der Waals surface area (Å²) in [6.07, 6.45) is 4.29. The summed E-state index contributed by atoms with van der Waals surface area (Å²) >= 11 is 0. The predicted molar refractivity (Wildman–Crippen MR) is 73.6 cm³/mol. The first-order valence-electron chi connectivity index (χ1n) is 6.03. The second kappa shape index (κ2) is 10.1. The number of methoxy groups -OCH3 is 1. The molecule has 0 aromatic carbocycles. The monoisotopic (exact) mass is 280 g/mol. The van der Waals surface area contributed by atoms with Gasteiger partial charge in [-0.05, 0) is 33.2 Å². The van der Waals surface area contributed by atoms with Crippen LogP contribution in [0.5, 0.6) is 0 Å². The van der Waals surface area contributed by atoms with Gasteiger partial charge in [-0.3, -0.25) is 4.79 Å². The van der Waals surface area contributed by atoms with Crippen LogP contribution in [-0.4, -0.2) is 31.1 Å². The zero-order chi connectivity index (χ0) is 13.3. The molecule has 0 spiro atoms. The zero-order valence-corrected chi connectivity index (χ0v) is 12.3. The second-order valence-electron chi connectivity index (χ2n) is 4.62. The Bertz CT molecular complexity index is 258. The number of nitrogens with two attached hydrogens (primary N) is 1. The van der Waals surface area contributed by atoms with Crippen LogP contribution < -0.4 is 11.1 Å². The number of nitrogens with one attached hydrogen (secondary N) is 1. The van der Waals surface area contributed by atoms with Gasteiger partial charge in [-0.1, -0.05) is 12.8 Å². The first-order chi connectivity index (χ1) is 7.94. The standard InChI is InChI=1S/C12H24N2O3.ClH/c1-12(2,11(16)17-3)14-10(15)8-6-4-5-7-9-13;/h4-9,13H2,1-3H3,(H,14,15);1H. The van der Waals surface area contributed by atoms with Crippen LogP contribution >= 0.6 is 12.4 Å². The molecule has 0 heterocycles. The largest absolute Gasteiger partial charge is 0.467 e. The van der Waals surface area contributed by atoms with Crippen LogP contribution in [-0.2, 0) is 14.3 Å². The highest BCUT2D eigenvalue weighted by molar-refractivity contribution is 5.87. The summed E-state index contributed by atoms with van der Waals surface area (Å²) < 4.78 is 4.61. The average molecular weight is 281 g/mol. The number of halogens is 1. The van der Waals surface area contributed by atoms with Crippen molar-refractivity contribution in [3.63, 3.8) is 0 Å². The van der Waals surface area contributed by atoms with Crippen LogP contribution in [0.3, 0.4) is 0 Å². The van der Waals surface area contributed by atoms with Crippen molar-refractivity contribution in [2.45, 2.75) is 51.5 Å². The van der Waals surface area contributed by atoms with E-state index < -0.39 is 11.5 Å². The summed E-state index contributed by atoms with van der Waals surface area (Å²) in [7, 11) is 1.31. The lowest BCUT2D eigenvalue weighted by atomic mass is 10.1. The molecule has 0 aliphatic heterocycles. The minimum atomic E-state index is -0.955. The Morgan fingerprint density at radius 2 is 1.72 bits per heavy atom. The van der Waals surface area contributed by atoms with Gasteiger partial charge >= 0.3 is 5.97 Å². The fourth-order valence-corrected chi connectivity index (χ4v) is 1.50. The van der Waals surface area contributed by atoms with Crippen LogP contribution in [0.15, 0.2) is 0 Å². The lowest BCUT2D eigenvalue weighted by Crippen LogP contribution is -2.50. The molecular weight excluding hydrogens is 256 g/mol. The van der Waals surface area contributed by atoms with Gasteiger partial charge in [0, 0.05) is 6.42 Å². The molecular formula is C12H25ClN2O3. The summed E-state index contributed by atoms with van der Waals surface area (Å²) in [4.78, 5) is 22.9. The number of ether oxygens (including phenoxy) is 1. The Morgan fingerprint density at radius 3 is 2.22 bits per heavy atom. The molecule has 0 unspecified atom stereocenters. The number of rotatable bonds is 8. The molecule has 0 aromatic rings. The van der Waals surface area contributed by atoms with Gasteiger partial charge in [0.2, 0.25) is 5.91 Å². The fourth-order valence-electron chi connectivity index (χ4n) is 1.50. The SMILES string of the molecule is COC(=O)C(C)(C)NC(=O)CCCCCCN.Cl. The van der Waals surface area contributed by atoms with E-state index in [4.69, 9.17) is 5.73 Å². The highest BCUT2D eigenvalue weighted by Crippen LogP contribution is 2.07. The van der Waals surface area contributed by atoms with Crippen molar-refractivity contribution in [1.29, 1.82) is 0 Å². The molecule has 0 bridgehead atoms. The molecule has 3 N–H and O–H groups in total. The topological polar surface area (TPSA) is 81.4 Å². The molecule has 108 valence electrons. The third-order valence-corrected chi connectivity index (χ3v) is 2.51. The van der Waals surface area contributed by atoms with E-state index in [2.05, 4.69) is 10.1 Å². The van der Waals surface area contributed by atoms with Gasteiger partial charge in [0.1, 0.15) is 5.54 Å². The zero-order valence-electron chi connectivity index (χ0n) is 11.5. The minimum Gasteiger partial charge on any atom is -0.467 e. The summed E-state index contributed by atoms with van der Waals surface area (Å²) in [5.41, 5.74) is 4.42. The fraction of sp³-hybridized carbons (Fsp3) is 0.833. The molecule has 0 saturated carbocycles. The molecule has 1 amide bonds. The van der Waals surface area contributed by atoms with Crippen molar-refractivity contribution >= 4 is 24.3 Å². The third-order valence-electron chi connectivity index (χ3n) is 2.51. The maximum Gasteiger partial charge on any atom is 0.330 e. The quantitative estimate of drug-likeness (QED) is 0.520. The van der Waals surface area contributed by atoms with Gasteiger partial charge in [0.05, 0.1) is 7.11 Å². The van der Waals surface area contributed by atoms with Crippen LogP contribution in [0.1, 0.15) is 46.0 Å². The number of hydrogen-bond acceptors (Lipinski definition) is 4. The van der Waals surface area contributed by atoms with Crippen LogP contribution in [0.4, 0.5) is 0 Å². The van der Waals surface area contributed by atoms with Gasteiger partial charge in [-0.15, -0.1) is 12.4 Å². The normalized spacial score (nSPS) is 10.4. The Kier molecular flexibility index (Phi) is 11.0. The highest BCUT2D eigenvalue weighted by Gasteiger charge is 2.29. The van der Waals surface area contributed by atoms with Crippen LogP contribution in [0, 0.1) is 0 Å². The number of amides is 1. The van der Waals surface area contributed by atoms with Gasteiger partial charge in [0.25, 0.3) is 0 Å². The van der Waals surface area contributed by atoms with E-state index in [9.17, 15) is 9.59 Å². The number of esters is 1. The van der Waals surface area contributed by atoms with Crippen LogP contribution in [0.2, 0.25) is 0 Å². The summed E-state index contributed by atoms with van der Waals surface area (Å²) in [6, 6.07) is 0. The number of carbonyl (C=O) groups excluding carboxylic acids is 2. The van der Waals surface area contributed by atoms with Crippen LogP contribution in [0.25, 0.3) is 0 Å². The molecule has 6 heteroatoms. The summed E-state index contributed by atoms with van der Waals surface area (Å²) in [5, 5.41) is 2.66. The van der Waals surface area contributed by atoms with Gasteiger partial charge in [-0.25, -0.2) is 4.79 Å². The number of unbranched alkanes of at least 4 members (excludes halogenated alkanes) is 3. The van der Waals surface area contributed by atoms with E-state index in [0.29, 0.717) is 13.0 Å². The Hall–Kier alpha value is -0.810. The Balaban J connectivity index is 0. The van der Waals surface area contributed by atoms with Gasteiger partial charge in [-0.2, -0.15) is 0 Å². The van der Waals surface area contributed by atoms with E-state index >= 15 is 0 Å². The van der Waals surface area contributed by atoms with Crippen molar-refractivity contribution in [2.24, 2.45) is 5.73 Å². The van der Waals surface area contributed by atoms with E-state index in [-0.39, 0.29) is 18.3 Å². The maximum absolute atomic E-state index is 11.6. The lowest BCUT2D eigenvalue weighted by Gasteiger charge is -2.23. The summed E-state index contributed by atoms with van der Waals surface area (Å²) in [5.74, 6) is -0.554. The van der Waals surface area contributed by atoms with Crippen molar-refractivity contribution in [1.82, 2.24) is 5.32 Å². The molecule has 0 radical (unpaired) electrons. The second-order valence-corrected chi connectivity index (χ2v) is 4.62. The minimum absolute atomic E-state index is 0. The van der Waals surface area contributed by atoms with Gasteiger partial charge in [0.15, 0.2) is 0 Å². The van der Waals surface area contributed by atoms with Crippen molar-refractivity contribution in [3.05, 3.63) is 0 Å². The van der Waals surface area contributed by atoms with E-state index in [1.165, 1.54) is 7.11 Å². The third kappa shape index (κ3) is 8.31. The molecule has 5 nitrogen and oxygen atoms in total. The molecule has 0 fully saturated rings. The molecule has 18 heavy (non-hydrogen) atoms. The predicted octanol–water partition coefficient (Wildman–Crippen LogP) is 1.39. The van der Waals surface area contributed by atoms with E-state index in [1.54, 1.807) is 13.8 Å². The molecule has 0 aromatic heterocycles. The first kappa shape index (κ1) is 19.5. The molecule has 0 saturated heterocycles. The smallest absolute Gasteiger partial charge is 0.330 e. The Morgan fingerprint density at radius 1 is 1.17 bits per heavy atom. The first-order valence-corrected chi connectivity index (χ1v) is 6.03. The highest BCUT2D eigenvalue weighted by atomic mass is 35.5. The Labute approximate surface area is 115 Å². The average Bonchev–Trinajstić information content (AvgIpc) is 2.27. The lowest BCUT2D eigenvalue weighted by molar-refractivity contribution is -0.149. The van der Waals surface area contributed by atoms with Gasteiger partial charge < -0.3 is 15.8 Å². The number of hydrogen-bond donors (Lipinski definition) is 2. The number of carbonyl (C=O) groups is 2. The van der Waals surface area contributed by atoms with Crippen molar-refractivity contribution in [3.8, 4) is 0 Å². The molecule has 0 atom stereocenters. The van der Waals surface area contributed by atoms with Crippen molar-refractivity contribution < 1.29 is 14.3 Å². The van der Waals surface area contributed by atoms with Crippen molar-refractivity contribution in [2.75, 3.05) is 13.7 Å². The molecule has 0 aliphatic rings. The maximum atomic E-state index is 11.6. The molecule has 0 aliphatic carbocycles. The summed E-state index contributed by atoms with van der Waals surface area (Å²) in [6.45, 7) is 3.96. The van der Waals surface area contributed by atoms with E-state index in [1.807, 2.05) is 0 Å². The molecule has 0 rings (SSSR count). The van der Waals surface area contributed by atoms with E-state index in [0.717, 1.165) is 25.7 Å².